The van der Waals surface area contributed by atoms with E-state index in [0.717, 1.165) is 37.4 Å². The summed E-state index contributed by atoms with van der Waals surface area (Å²) in [7, 11) is 0. The number of rotatable bonds is 4. The van der Waals surface area contributed by atoms with Gasteiger partial charge in [0.2, 0.25) is 0 Å². The van der Waals surface area contributed by atoms with Crippen molar-refractivity contribution in [2.75, 3.05) is 44.2 Å². The van der Waals surface area contributed by atoms with Gasteiger partial charge in [-0.05, 0) is 36.4 Å². The molecule has 0 radical (unpaired) electrons. The van der Waals surface area contributed by atoms with Crippen molar-refractivity contribution in [3.8, 4) is 11.3 Å². The van der Waals surface area contributed by atoms with Crippen molar-refractivity contribution in [1.29, 1.82) is 0 Å². The van der Waals surface area contributed by atoms with Gasteiger partial charge in [-0.1, -0.05) is 5.16 Å². The van der Waals surface area contributed by atoms with Crippen molar-refractivity contribution in [1.82, 2.24) is 19.9 Å². The molecule has 2 aliphatic heterocycles. The zero-order valence-corrected chi connectivity index (χ0v) is 16.4. The van der Waals surface area contributed by atoms with E-state index in [9.17, 15) is 9.18 Å². The number of likely N-dealkylation sites (tertiary alicyclic amines) is 1. The topological polar surface area (TPSA) is 65.7 Å². The Hall–Kier alpha value is -3.26. The average Bonchev–Trinajstić information content (AvgIpc) is 3.25. The van der Waals surface area contributed by atoms with E-state index in [0.29, 0.717) is 30.6 Å². The van der Waals surface area contributed by atoms with Crippen LogP contribution in [0.5, 0.6) is 0 Å². The third kappa shape index (κ3) is 3.66. The van der Waals surface area contributed by atoms with E-state index in [4.69, 9.17) is 4.52 Å². The fourth-order valence-electron chi connectivity index (χ4n) is 4.03. The highest BCUT2D eigenvalue weighted by Crippen LogP contribution is 2.24. The lowest BCUT2D eigenvalue weighted by Crippen LogP contribution is -2.64. The number of aromatic nitrogens is 2. The Kier molecular flexibility index (Phi) is 4.92. The Balaban J connectivity index is 1.13. The molecule has 0 unspecified atom stereocenters. The van der Waals surface area contributed by atoms with Gasteiger partial charge in [0.05, 0.1) is 0 Å². The number of halogens is 1. The number of carbonyl (C=O) groups is 1. The van der Waals surface area contributed by atoms with Gasteiger partial charge in [0.25, 0.3) is 5.91 Å². The predicted molar refractivity (Wildman–Crippen MR) is 110 cm³/mol. The van der Waals surface area contributed by atoms with Gasteiger partial charge in [0, 0.05) is 75.0 Å². The third-order valence-electron chi connectivity index (χ3n) is 5.85. The van der Waals surface area contributed by atoms with Crippen LogP contribution in [-0.4, -0.2) is 71.2 Å². The molecular formula is C22H22FN5O2. The van der Waals surface area contributed by atoms with Gasteiger partial charge in [-0.25, -0.2) is 4.39 Å². The van der Waals surface area contributed by atoms with Crippen molar-refractivity contribution < 1.29 is 13.7 Å². The summed E-state index contributed by atoms with van der Waals surface area (Å²) in [6.45, 7) is 5.05. The lowest BCUT2D eigenvalue weighted by atomic mass is 10.0. The summed E-state index contributed by atoms with van der Waals surface area (Å²) in [5.74, 6) is 0.229. The number of anilines is 1. The van der Waals surface area contributed by atoms with Gasteiger partial charge in [-0.3, -0.25) is 14.7 Å². The number of hydrogen-bond donors (Lipinski definition) is 0. The zero-order chi connectivity index (χ0) is 20.5. The standard InChI is InChI=1S/C22H22FN5O2/c23-17-3-5-18(6-4-17)26-8-10-27(11-9-26)19-14-28(15-19)22(29)20-12-21(30-25-20)16-2-1-7-24-13-16/h1-7,12-13,19H,8-11,14-15H2. The first-order valence-electron chi connectivity index (χ1n) is 10.1. The highest BCUT2D eigenvalue weighted by Gasteiger charge is 2.37. The van der Waals surface area contributed by atoms with Crippen LogP contribution in [0.3, 0.4) is 0 Å². The zero-order valence-electron chi connectivity index (χ0n) is 16.4. The highest BCUT2D eigenvalue weighted by atomic mass is 19.1. The van der Waals surface area contributed by atoms with Gasteiger partial charge < -0.3 is 14.3 Å². The first-order chi connectivity index (χ1) is 14.7. The molecule has 0 atom stereocenters. The number of hydrogen-bond acceptors (Lipinski definition) is 6. The molecule has 8 heteroatoms. The smallest absolute Gasteiger partial charge is 0.276 e. The van der Waals surface area contributed by atoms with Crippen LogP contribution in [0.1, 0.15) is 10.5 Å². The quantitative estimate of drug-likeness (QED) is 0.662. The van der Waals surface area contributed by atoms with E-state index in [2.05, 4.69) is 19.9 Å². The van der Waals surface area contributed by atoms with Crippen LogP contribution in [0.4, 0.5) is 10.1 Å². The summed E-state index contributed by atoms with van der Waals surface area (Å²) < 4.78 is 18.4. The summed E-state index contributed by atoms with van der Waals surface area (Å²) in [5.41, 5.74) is 2.18. The molecule has 154 valence electrons. The van der Waals surface area contributed by atoms with E-state index < -0.39 is 0 Å². The molecule has 2 aromatic heterocycles. The average molecular weight is 407 g/mol. The molecule has 2 saturated heterocycles. The van der Waals surface area contributed by atoms with Gasteiger partial charge in [0.15, 0.2) is 11.5 Å². The molecule has 4 heterocycles. The van der Waals surface area contributed by atoms with E-state index in [1.165, 1.54) is 12.1 Å². The molecule has 1 aromatic carbocycles. The van der Waals surface area contributed by atoms with Crippen LogP contribution in [0.15, 0.2) is 59.4 Å². The number of benzene rings is 1. The van der Waals surface area contributed by atoms with E-state index >= 15 is 0 Å². The molecule has 3 aromatic rings. The molecule has 0 bridgehead atoms. The van der Waals surface area contributed by atoms with Crippen LogP contribution in [-0.2, 0) is 0 Å². The number of carbonyl (C=O) groups excluding carboxylic acids is 1. The van der Waals surface area contributed by atoms with E-state index in [-0.39, 0.29) is 11.7 Å². The van der Waals surface area contributed by atoms with Crippen molar-refractivity contribution in [2.24, 2.45) is 0 Å². The van der Waals surface area contributed by atoms with Crippen LogP contribution < -0.4 is 4.90 Å². The molecule has 0 spiro atoms. The second-order valence-electron chi connectivity index (χ2n) is 7.68. The molecule has 2 fully saturated rings. The second kappa shape index (κ2) is 7.87. The summed E-state index contributed by atoms with van der Waals surface area (Å²) in [6, 6.07) is 12.4. The first-order valence-corrected chi connectivity index (χ1v) is 10.1. The van der Waals surface area contributed by atoms with Gasteiger partial charge in [0.1, 0.15) is 5.82 Å². The molecule has 0 aliphatic carbocycles. The Labute approximate surface area is 173 Å². The molecule has 5 rings (SSSR count). The van der Waals surface area contributed by atoms with Crippen molar-refractivity contribution >= 4 is 11.6 Å². The maximum atomic E-state index is 13.1. The second-order valence-corrected chi connectivity index (χ2v) is 7.68. The molecular weight excluding hydrogens is 385 g/mol. The van der Waals surface area contributed by atoms with Crippen molar-refractivity contribution in [3.63, 3.8) is 0 Å². The maximum Gasteiger partial charge on any atom is 0.276 e. The Morgan fingerprint density at radius 1 is 1.07 bits per heavy atom. The largest absolute Gasteiger partial charge is 0.369 e. The SMILES string of the molecule is O=C(c1cc(-c2cccnc2)on1)N1CC(N2CCN(c3ccc(F)cc3)CC2)C1. The van der Waals surface area contributed by atoms with Gasteiger partial charge in [-0.15, -0.1) is 0 Å². The lowest BCUT2D eigenvalue weighted by molar-refractivity contribution is 0.0239. The summed E-state index contributed by atoms with van der Waals surface area (Å²) >= 11 is 0. The molecule has 0 N–H and O–H groups in total. The third-order valence-corrected chi connectivity index (χ3v) is 5.85. The summed E-state index contributed by atoms with van der Waals surface area (Å²) in [6.07, 6.45) is 3.37. The molecule has 30 heavy (non-hydrogen) atoms. The molecule has 0 saturated carbocycles. The highest BCUT2D eigenvalue weighted by molar-refractivity contribution is 5.93. The Morgan fingerprint density at radius 2 is 1.83 bits per heavy atom. The summed E-state index contributed by atoms with van der Waals surface area (Å²) in [4.78, 5) is 23.3. The number of nitrogens with zero attached hydrogens (tertiary/aromatic N) is 5. The Morgan fingerprint density at radius 3 is 2.53 bits per heavy atom. The van der Waals surface area contributed by atoms with Crippen LogP contribution in [0.25, 0.3) is 11.3 Å². The van der Waals surface area contributed by atoms with E-state index in [1.54, 1.807) is 18.5 Å². The minimum atomic E-state index is -0.212. The minimum absolute atomic E-state index is 0.102. The van der Waals surface area contributed by atoms with E-state index in [1.807, 2.05) is 29.2 Å². The normalized spacial score (nSPS) is 17.8. The summed E-state index contributed by atoms with van der Waals surface area (Å²) in [5, 5.41) is 3.94. The first kappa shape index (κ1) is 18.7. The molecule has 1 amide bonds. The fraction of sp³-hybridized carbons (Fsp3) is 0.318. The minimum Gasteiger partial charge on any atom is -0.369 e. The Bertz CT molecular complexity index is 1010. The van der Waals surface area contributed by atoms with Crippen molar-refractivity contribution in [3.05, 3.63) is 66.4 Å². The number of piperazine rings is 1. The number of pyridine rings is 1. The van der Waals surface area contributed by atoms with Crippen LogP contribution in [0, 0.1) is 5.82 Å². The van der Waals surface area contributed by atoms with Crippen LogP contribution in [0.2, 0.25) is 0 Å². The molecule has 2 aliphatic rings. The van der Waals surface area contributed by atoms with Crippen LogP contribution >= 0.6 is 0 Å². The van der Waals surface area contributed by atoms with Gasteiger partial charge in [-0.2, -0.15) is 0 Å². The molecule has 7 nitrogen and oxygen atoms in total. The van der Waals surface area contributed by atoms with Gasteiger partial charge >= 0.3 is 0 Å². The fourth-order valence-corrected chi connectivity index (χ4v) is 4.03. The van der Waals surface area contributed by atoms with Crippen molar-refractivity contribution in [2.45, 2.75) is 6.04 Å². The lowest BCUT2D eigenvalue weighted by Gasteiger charge is -2.48. The predicted octanol–water partition coefficient (Wildman–Crippen LogP) is 2.52. The number of amides is 1. The maximum absolute atomic E-state index is 13.1. The monoisotopic (exact) mass is 407 g/mol.